The van der Waals surface area contributed by atoms with Gasteiger partial charge in [-0.1, -0.05) is 30.3 Å². The Kier molecular flexibility index (Phi) is 6.26. The van der Waals surface area contributed by atoms with Crippen molar-refractivity contribution in [2.75, 3.05) is 13.2 Å². The van der Waals surface area contributed by atoms with E-state index in [4.69, 9.17) is 4.74 Å². The highest BCUT2D eigenvalue weighted by Crippen LogP contribution is 2.19. The summed E-state index contributed by atoms with van der Waals surface area (Å²) in [5, 5.41) is 5.74. The Balaban J connectivity index is 1.40. The van der Waals surface area contributed by atoms with E-state index < -0.39 is 0 Å². The molecule has 1 aliphatic rings. The van der Waals surface area contributed by atoms with E-state index in [1.807, 2.05) is 43.3 Å². The molecule has 5 nitrogen and oxygen atoms in total. The van der Waals surface area contributed by atoms with Crippen LogP contribution in [-0.4, -0.2) is 31.0 Å². The van der Waals surface area contributed by atoms with E-state index in [0.717, 1.165) is 29.7 Å². The largest absolute Gasteiger partial charge is 0.491 e. The van der Waals surface area contributed by atoms with E-state index in [0.29, 0.717) is 24.8 Å². The standard InChI is InChI=1S/C22H24N2O3/c1-16-4-2-3-5-20(16)27-15-14-23-21(25)13-8-17-6-9-18(10-7-17)22(26)24-19-11-12-19/h2-10,13,19H,11-12,14-15H2,1H3,(H,23,25)(H,24,26). The van der Waals surface area contributed by atoms with Gasteiger partial charge in [0.05, 0.1) is 6.54 Å². The van der Waals surface area contributed by atoms with Crippen molar-refractivity contribution in [1.82, 2.24) is 10.6 Å². The summed E-state index contributed by atoms with van der Waals surface area (Å²) >= 11 is 0. The number of carbonyl (C=O) groups excluding carboxylic acids is 2. The number of rotatable bonds is 8. The molecule has 0 radical (unpaired) electrons. The van der Waals surface area contributed by atoms with Gasteiger partial charge in [-0.15, -0.1) is 0 Å². The average Bonchev–Trinajstić information content (AvgIpc) is 3.49. The molecule has 1 saturated carbocycles. The quantitative estimate of drug-likeness (QED) is 0.559. The van der Waals surface area contributed by atoms with Crippen molar-refractivity contribution in [2.45, 2.75) is 25.8 Å². The number of para-hydroxylation sites is 1. The molecule has 0 heterocycles. The van der Waals surface area contributed by atoms with Crippen LogP contribution in [0.25, 0.3) is 6.08 Å². The summed E-state index contributed by atoms with van der Waals surface area (Å²) < 4.78 is 5.64. The molecule has 1 aliphatic carbocycles. The van der Waals surface area contributed by atoms with Crippen LogP contribution in [0.1, 0.15) is 34.3 Å². The smallest absolute Gasteiger partial charge is 0.251 e. The Morgan fingerprint density at radius 3 is 2.56 bits per heavy atom. The van der Waals surface area contributed by atoms with Crippen molar-refractivity contribution in [1.29, 1.82) is 0 Å². The van der Waals surface area contributed by atoms with Gasteiger partial charge in [-0.05, 0) is 55.2 Å². The predicted molar refractivity (Wildman–Crippen MR) is 106 cm³/mol. The zero-order chi connectivity index (χ0) is 19.1. The fourth-order valence-corrected chi connectivity index (χ4v) is 2.53. The third-order valence-electron chi connectivity index (χ3n) is 4.27. The van der Waals surface area contributed by atoms with E-state index in [9.17, 15) is 9.59 Å². The molecule has 2 amide bonds. The second-order valence-corrected chi connectivity index (χ2v) is 6.61. The number of amides is 2. The van der Waals surface area contributed by atoms with Crippen LogP contribution in [0.5, 0.6) is 5.75 Å². The van der Waals surface area contributed by atoms with Crippen molar-refractivity contribution in [2.24, 2.45) is 0 Å². The number of benzene rings is 2. The van der Waals surface area contributed by atoms with Crippen LogP contribution in [-0.2, 0) is 4.79 Å². The molecule has 2 aromatic carbocycles. The maximum atomic E-state index is 11.9. The van der Waals surface area contributed by atoms with Gasteiger partial charge in [0.15, 0.2) is 0 Å². The number of aryl methyl sites for hydroxylation is 1. The van der Waals surface area contributed by atoms with Gasteiger partial charge in [-0.25, -0.2) is 0 Å². The van der Waals surface area contributed by atoms with Gasteiger partial charge in [-0.2, -0.15) is 0 Å². The maximum absolute atomic E-state index is 11.9. The summed E-state index contributed by atoms with van der Waals surface area (Å²) in [5.74, 6) is 0.603. The summed E-state index contributed by atoms with van der Waals surface area (Å²) in [6.45, 7) is 2.82. The third kappa shape index (κ3) is 5.99. The van der Waals surface area contributed by atoms with Crippen LogP contribution >= 0.6 is 0 Å². The first kappa shape index (κ1) is 18.7. The van der Waals surface area contributed by atoms with E-state index in [-0.39, 0.29) is 11.8 Å². The normalized spacial score (nSPS) is 13.4. The number of ether oxygens (including phenoxy) is 1. The SMILES string of the molecule is Cc1ccccc1OCCNC(=O)C=Cc1ccc(C(=O)NC2CC2)cc1. The molecule has 2 aromatic rings. The number of nitrogens with one attached hydrogen (secondary N) is 2. The predicted octanol–water partition coefficient (Wildman–Crippen LogP) is 3.10. The molecule has 2 N–H and O–H groups in total. The Morgan fingerprint density at radius 1 is 1.11 bits per heavy atom. The van der Waals surface area contributed by atoms with Crippen LogP contribution in [0.4, 0.5) is 0 Å². The molecule has 5 heteroatoms. The topological polar surface area (TPSA) is 67.4 Å². The zero-order valence-corrected chi connectivity index (χ0v) is 15.4. The lowest BCUT2D eigenvalue weighted by Gasteiger charge is -2.08. The first-order chi connectivity index (χ1) is 13.1. The zero-order valence-electron chi connectivity index (χ0n) is 15.4. The van der Waals surface area contributed by atoms with Crippen molar-refractivity contribution in [3.8, 4) is 5.75 Å². The van der Waals surface area contributed by atoms with Gasteiger partial charge in [-0.3, -0.25) is 9.59 Å². The van der Waals surface area contributed by atoms with Crippen molar-refractivity contribution in [3.05, 3.63) is 71.3 Å². The van der Waals surface area contributed by atoms with Crippen molar-refractivity contribution in [3.63, 3.8) is 0 Å². The van der Waals surface area contributed by atoms with Crippen molar-refractivity contribution < 1.29 is 14.3 Å². The van der Waals surface area contributed by atoms with Crippen LogP contribution in [0, 0.1) is 6.92 Å². The molecule has 0 unspecified atom stereocenters. The van der Waals surface area contributed by atoms with Gasteiger partial charge in [0, 0.05) is 17.7 Å². The first-order valence-electron chi connectivity index (χ1n) is 9.17. The van der Waals surface area contributed by atoms with Crippen LogP contribution in [0.15, 0.2) is 54.6 Å². The molecule has 0 atom stereocenters. The number of hydrogen-bond donors (Lipinski definition) is 2. The highest BCUT2D eigenvalue weighted by Gasteiger charge is 2.23. The van der Waals surface area contributed by atoms with E-state index in [2.05, 4.69) is 10.6 Å². The minimum Gasteiger partial charge on any atom is -0.491 e. The fourth-order valence-electron chi connectivity index (χ4n) is 2.53. The minimum atomic E-state index is -0.182. The maximum Gasteiger partial charge on any atom is 0.251 e. The Labute approximate surface area is 159 Å². The molecular formula is C22H24N2O3. The monoisotopic (exact) mass is 364 g/mol. The van der Waals surface area contributed by atoms with Gasteiger partial charge < -0.3 is 15.4 Å². The number of hydrogen-bond acceptors (Lipinski definition) is 3. The highest BCUT2D eigenvalue weighted by molar-refractivity contribution is 5.95. The lowest BCUT2D eigenvalue weighted by atomic mass is 10.1. The van der Waals surface area contributed by atoms with E-state index >= 15 is 0 Å². The van der Waals surface area contributed by atoms with Gasteiger partial charge in [0.1, 0.15) is 12.4 Å². The van der Waals surface area contributed by atoms with Gasteiger partial charge in [0.2, 0.25) is 5.91 Å². The molecule has 0 saturated heterocycles. The average molecular weight is 364 g/mol. The van der Waals surface area contributed by atoms with Crippen LogP contribution in [0.2, 0.25) is 0 Å². The summed E-state index contributed by atoms with van der Waals surface area (Å²) in [6.07, 6.45) is 5.34. The third-order valence-corrected chi connectivity index (χ3v) is 4.27. The molecule has 3 rings (SSSR count). The first-order valence-corrected chi connectivity index (χ1v) is 9.17. The lowest BCUT2D eigenvalue weighted by Crippen LogP contribution is -2.26. The molecule has 0 aliphatic heterocycles. The molecular weight excluding hydrogens is 340 g/mol. The number of carbonyl (C=O) groups is 2. The minimum absolute atomic E-state index is 0.0422. The summed E-state index contributed by atoms with van der Waals surface area (Å²) in [7, 11) is 0. The molecule has 140 valence electrons. The molecule has 27 heavy (non-hydrogen) atoms. The van der Waals surface area contributed by atoms with Gasteiger partial charge >= 0.3 is 0 Å². The molecule has 1 fully saturated rings. The Morgan fingerprint density at radius 2 is 1.85 bits per heavy atom. The second kappa shape index (κ2) is 9.03. The Hall–Kier alpha value is -3.08. The highest BCUT2D eigenvalue weighted by atomic mass is 16.5. The van der Waals surface area contributed by atoms with E-state index in [1.54, 1.807) is 18.2 Å². The van der Waals surface area contributed by atoms with Crippen LogP contribution in [0.3, 0.4) is 0 Å². The Bertz CT molecular complexity index is 824. The molecule has 0 bridgehead atoms. The summed E-state index contributed by atoms with van der Waals surface area (Å²) in [5.41, 5.74) is 2.57. The van der Waals surface area contributed by atoms with Crippen molar-refractivity contribution >= 4 is 17.9 Å². The molecule has 0 spiro atoms. The fraction of sp³-hybridized carbons (Fsp3) is 0.273. The summed E-state index contributed by atoms with van der Waals surface area (Å²) in [6, 6.07) is 15.3. The van der Waals surface area contributed by atoms with Gasteiger partial charge in [0.25, 0.3) is 5.91 Å². The second-order valence-electron chi connectivity index (χ2n) is 6.61. The molecule has 0 aromatic heterocycles. The van der Waals surface area contributed by atoms with E-state index in [1.165, 1.54) is 6.08 Å². The lowest BCUT2D eigenvalue weighted by molar-refractivity contribution is -0.116. The summed E-state index contributed by atoms with van der Waals surface area (Å²) in [4.78, 5) is 23.8. The van der Waals surface area contributed by atoms with Crippen LogP contribution < -0.4 is 15.4 Å².